The number of carbonyl (C=O) groups is 1. The molecule has 0 aromatic carbocycles. The number of likely N-dealkylation sites (tertiary alicyclic amines) is 1. The fourth-order valence-corrected chi connectivity index (χ4v) is 2.96. The second-order valence-electron chi connectivity index (χ2n) is 6.08. The number of primary amides is 1. The molecule has 1 aromatic heterocycles. The van der Waals surface area contributed by atoms with Crippen molar-refractivity contribution >= 4 is 17.6 Å². The van der Waals surface area contributed by atoms with Gasteiger partial charge in [0, 0.05) is 26.1 Å². The standard InChI is InChI=1S/C15H25N7O3/c1-2-17-15(20-6-3-4-12(10-20)8-14(16)23)18-5-7-21-11-13(9-19-21)22(24)25/h9,11-12H,2-8,10H2,1H3,(H2,16,23)(H,17,18). The van der Waals surface area contributed by atoms with Crippen LogP contribution in [-0.2, 0) is 11.3 Å². The fraction of sp³-hybridized carbons (Fsp3) is 0.667. The Bertz CT molecular complexity index is 628. The van der Waals surface area contributed by atoms with Crippen LogP contribution in [0.15, 0.2) is 17.4 Å². The number of guanidine groups is 1. The third-order valence-electron chi connectivity index (χ3n) is 4.06. The van der Waals surface area contributed by atoms with E-state index in [9.17, 15) is 14.9 Å². The Balaban J connectivity index is 1.94. The molecule has 0 radical (unpaired) electrons. The van der Waals surface area contributed by atoms with Crippen molar-refractivity contribution in [2.75, 3.05) is 26.2 Å². The zero-order valence-electron chi connectivity index (χ0n) is 14.4. The van der Waals surface area contributed by atoms with E-state index in [2.05, 4.69) is 20.3 Å². The molecular formula is C15H25N7O3. The van der Waals surface area contributed by atoms with Gasteiger partial charge in [-0.2, -0.15) is 5.10 Å². The van der Waals surface area contributed by atoms with Crippen LogP contribution in [0.1, 0.15) is 26.2 Å². The van der Waals surface area contributed by atoms with Gasteiger partial charge in [0.2, 0.25) is 5.91 Å². The number of piperidine rings is 1. The molecule has 25 heavy (non-hydrogen) atoms. The van der Waals surface area contributed by atoms with E-state index in [0.29, 0.717) is 19.5 Å². The number of hydrogen-bond donors (Lipinski definition) is 2. The maximum Gasteiger partial charge on any atom is 0.306 e. The van der Waals surface area contributed by atoms with Gasteiger partial charge in [-0.25, -0.2) is 0 Å². The molecule has 1 aliphatic rings. The minimum atomic E-state index is -0.469. The quantitative estimate of drug-likeness (QED) is 0.315. The Kier molecular flexibility index (Phi) is 6.72. The molecule has 1 amide bonds. The Morgan fingerprint density at radius 3 is 3.04 bits per heavy atom. The smallest absolute Gasteiger partial charge is 0.306 e. The normalized spacial score (nSPS) is 18.2. The molecule has 0 saturated carbocycles. The van der Waals surface area contributed by atoms with Crippen molar-refractivity contribution in [3.8, 4) is 0 Å². The largest absolute Gasteiger partial charge is 0.370 e. The molecule has 2 heterocycles. The van der Waals surface area contributed by atoms with Crippen LogP contribution in [0.25, 0.3) is 0 Å². The van der Waals surface area contributed by atoms with E-state index in [1.807, 2.05) is 6.92 Å². The number of nitrogens with one attached hydrogen (secondary N) is 1. The average molecular weight is 351 g/mol. The molecule has 3 N–H and O–H groups in total. The van der Waals surface area contributed by atoms with Crippen molar-refractivity contribution in [3.05, 3.63) is 22.5 Å². The van der Waals surface area contributed by atoms with Crippen LogP contribution in [0, 0.1) is 16.0 Å². The van der Waals surface area contributed by atoms with Crippen LogP contribution in [0.2, 0.25) is 0 Å². The third kappa shape index (κ3) is 5.73. The van der Waals surface area contributed by atoms with E-state index in [-0.39, 0.29) is 17.5 Å². The maximum atomic E-state index is 11.1. The number of nitrogens with two attached hydrogens (primary N) is 1. The summed E-state index contributed by atoms with van der Waals surface area (Å²) in [4.78, 5) is 28.1. The van der Waals surface area contributed by atoms with Gasteiger partial charge in [0.1, 0.15) is 12.4 Å². The number of nitrogens with zero attached hydrogens (tertiary/aromatic N) is 5. The molecule has 1 aromatic rings. The van der Waals surface area contributed by atoms with Gasteiger partial charge in [0.25, 0.3) is 0 Å². The number of amides is 1. The summed E-state index contributed by atoms with van der Waals surface area (Å²) in [6.45, 7) is 5.29. The average Bonchev–Trinajstić information content (AvgIpc) is 3.03. The summed E-state index contributed by atoms with van der Waals surface area (Å²) in [5, 5.41) is 17.9. The predicted molar refractivity (Wildman–Crippen MR) is 93.0 cm³/mol. The highest BCUT2D eigenvalue weighted by Gasteiger charge is 2.23. The highest BCUT2D eigenvalue weighted by atomic mass is 16.6. The highest BCUT2D eigenvalue weighted by Crippen LogP contribution is 2.19. The van der Waals surface area contributed by atoms with Gasteiger partial charge in [-0.3, -0.25) is 24.6 Å². The first-order valence-corrected chi connectivity index (χ1v) is 8.48. The topological polar surface area (TPSA) is 132 Å². The molecule has 10 heteroatoms. The summed E-state index contributed by atoms with van der Waals surface area (Å²) >= 11 is 0. The van der Waals surface area contributed by atoms with Crippen LogP contribution < -0.4 is 11.1 Å². The summed E-state index contributed by atoms with van der Waals surface area (Å²) in [6, 6.07) is 0. The zero-order valence-corrected chi connectivity index (χ0v) is 14.4. The lowest BCUT2D eigenvalue weighted by atomic mass is 9.95. The van der Waals surface area contributed by atoms with Crippen LogP contribution in [0.3, 0.4) is 0 Å². The molecule has 1 atom stereocenters. The van der Waals surface area contributed by atoms with Crippen LogP contribution >= 0.6 is 0 Å². The molecule has 138 valence electrons. The Morgan fingerprint density at radius 2 is 2.40 bits per heavy atom. The van der Waals surface area contributed by atoms with Gasteiger partial charge < -0.3 is 16.0 Å². The van der Waals surface area contributed by atoms with Crippen molar-refractivity contribution in [2.45, 2.75) is 32.7 Å². The van der Waals surface area contributed by atoms with Gasteiger partial charge in [-0.1, -0.05) is 0 Å². The summed E-state index contributed by atoms with van der Waals surface area (Å²) in [5.41, 5.74) is 5.28. The summed E-state index contributed by atoms with van der Waals surface area (Å²) < 4.78 is 1.51. The van der Waals surface area contributed by atoms with Gasteiger partial charge in [-0.05, 0) is 25.7 Å². The Morgan fingerprint density at radius 1 is 1.60 bits per heavy atom. The number of aromatic nitrogens is 2. The second-order valence-corrected chi connectivity index (χ2v) is 6.08. The summed E-state index contributed by atoms with van der Waals surface area (Å²) in [6.07, 6.45) is 5.01. The minimum absolute atomic E-state index is 0.0267. The van der Waals surface area contributed by atoms with Gasteiger partial charge in [-0.15, -0.1) is 0 Å². The van der Waals surface area contributed by atoms with E-state index < -0.39 is 4.92 Å². The molecule has 10 nitrogen and oxygen atoms in total. The number of nitro groups is 1. The zero-order chi connectivity index (χ0) is 18.2. The van der Waals surface area contributed by atoms with Crippen LogP contribution in [0.5, 0.6) is 0 Å². The van der Waals surface area contributed by atoms with E-state index in [1.54, 1.807) is 0 Å². The molecule has 0 aliphatic carbocycles. The van der Waals surface area contributed by atoms with Crippen molar-refractivity contribution in [2.24, 2.45) is 16.6 Å². The SMILES string of the molecule is CCNC(=NCCn1cc([N+](=O)[O-])cn1)N1CCCC(CC(N)=O)C1. The Hall–Kier alpha value is -2.65. The lowest BCUT2D eigenvalue weighted by Crippen LogP contribution is -2.47. The van der Waals surface area contributed by atoms with Crippen molar-refractivity contribution in [3.63, 3.8) is 0 Å². The van der Waals surface area contributed by atoms with Crippen molar-refractivity contribution < 1.29 is 9.72 Å². The first-order chi connectivity index (χ1) is 12.0. The Labute approximate surface area is 146 Å². The minimum Gasteiger partial charge on any atom is -0.370 e. The molecular weight excluding hydrogens is 326 g/mol. The van der Waals surface area contributed by atoms with Crippen molar-refractivity contribution in [1.82, 2.24) is 20.0 Å². The molecule has 1 fully saturated rings. The first-order valence-electron chi connectivity index (χ1n) is 8.48. The molecule has 0 bridgehead atoms. The summed E-state index contributed by atoms with van der Waals surface area (Å²) in [7, 11) is 0. The van der Waals surface area contributed by atoms with Gasteiger partial charge in [0.05, 0.1) is 18.0 Å². The molecule has 0 spiro atoms. The lowest BCUT2D eigenvalue weighted by Gasteiger charge is -2.34. The van der Waals surface area contributed by atoms with Crippen molar-refractivity contribution in [1.29, 1.82) is 0 Å². The number of rotatable bonds is 7. The van der Waals surface area contributed by atoms with Gasteiger partial charge in [0.15, 0.2) is 5.96 Å². The second kappa shape index (κ2) is 9.00. The third-order valence-corrected chi connectivity index (χ3v) is 4.06. The first kappa shape index (κ1) is 18.7. The van der Waals surface area contributed by atoms with E-state index >= 15 is 0 Å². The number of aliphatic imine (C=N–C) groups is 1. The summed E-state index contributed by atoms with van der Waals surface area (Å²) in [5.74, 6) is 0.774. The van der Waals surface area contributed by atoms with E-state index in [0.717, 1.165) is 38.4 Å². The van der Waals surface area contributed by atoms with Gasteiger partial charge >= 0.3 is 5.69 Å². The molecule has 1 aliphatic heterocycles. The maximum absolute atomic E-state index is 11.1. The number of carbonyl (C=O) groups excluding carboxylic acids is 1. The lowest BCUT2D eigenvalue weighted by molar-refractivity contribution is -0.385. The molecule has 1 saturated heterocycles. The van der Waals surface area contributed by atoms with Crippen LogP contribution in [-0.4, -0.2) is 57.6 Å². The molecule has 1 unspecified atom stereocenters. The predicted octanol–water partition coefficient (Wildman–Crippen LogP) is 0.344. The highest BCUT2D eigenvalue weighted by molar-refractivity contribution is 5.80. The monoisotopic (exact) mass is 351 g/mol. The van der Waals surface area contributed by atoms with E-state index in [1.165, 1.54) is 17.1 Å². The molecule has 2 rings (SSSR count). The number of hydrogen-bond acceptors (Lipinski definition) is 5. The van der Waals surface area contributed by atoms with E-state index in [4.69, 9.17) is 5.73 Å². The fourth-order valence-electron chi connectivity index (χ4n) is 2.96. The van der Waals surface area contributed by atoms with Crippen LogP contribution in [0.4, 0.5) is 5.69 Å².